The number of carbonyl (C=O) groups excluding carboxylic acids is 1. The highest BCUT2D eigenvalue weighted by Crippen LogP contribution is 2.23. The van der Waals surface area contributed by atoms with Crippen LogP contribution in [-0.2, 0) is 0 Å². The zero-order valence-electron chi connectivity index (χ0n) is 13.8. The molecule has 0 bridgehead atoms. The first-order chi connectivity index (χ1) is 12.2. The molecule has 1 aliphatic heterocycles. The van der Waals surface area contributed by atoms with Crippen LogP contribution in [0.3, 0.4) is 0 Å². The summed E-state index contributed by atoms with van der Waals surface area (Å²) in [6.07, 6.45) is 8.61. The van der Waals surface area contributed by atoms with Gasteiger partial charge >= 0.3 is 0 Å². The third kappa shape index (κ3) is 2.95. The summed E-state index contributed by atoms with van der Waals surface area (Å²) in [5, 5.41) is 4.41. The van der Waals surface area contributed by atoms with Crippen LogP contribution in [0, 0.1) is 5.82 Å². The normalized spacial score (nSPS) is 14.7. The fourth-order valence-electron chi connectivity index (χ4n) is 3.26. The second-order valence-corrected chi connectivity index (χ2v) is 6.21. The molecule has 0 unspecified atom stereocenters. The molecular formula is C19H19FN4O. The largest absolute Gasteiger partial charge is 0.338 e. The van der Waals surface area contributed by atoms with Gasteiger partial charge in [-0.1, -0.05) is 0 Å². The molecule has 1 saturated heterocycles. The van der Waals surface area contributed by atoms with Crippen LogP contribution in [0.2, 0.25) is 0 Å². The highest BCUT2D eigenvalue weighted by atomic mass is 19.1. The van der Waals surface area contributed by atoms with E-state index < -0.39 is 0 Å². The first-order valence-corrected chi connectivity index (χ1v) is 8.50. The minimum Gasteiger partial charge on any atom is -0.338 e. The number of aromatic nitrogens is 3. The van der Waals surface area contributed by atoms with Gasteiger partial charge in [0.1, 0.15) is 11.4 Å². The Bertz CT molecular complexity index is 861. The maximum atomic E-state index is 13.3. The number of hydrogen-bond donors (Lipinski definition) is 0. The smallest absolute Gasteiger partial charge is 0.259 e. The molecule has 0 saturated carbocycles. The van der Waals surface area contributed by atoms with Gasteiger partial charge in [0.15, 0.2) is 5.82 Å². The Morgan fingerprint density at radius 3 is 2.36 bits per heavy atom. The van der Waals surface area contributed by atoms with Crippen LogP contribution < -0.4 is 0 Å². The maximum Gasteiger partial charge on any atom is 0.259 e. The van der Waals surface area contributed by atoms with E-state index in [0.717, 1.165) is 25.9 Å². The van der Waals surface area contributed by atoms with Gasteiger partial charge < -0.3 is 9.47 Å². The lowest BCUT2D eigenvalue weighted by Crippen LogP contribution is -2.36. The Kier molecular flexibility index (Phi) is 4.09. The van der Waals surface area contributed by atoms with Crippen molar-refractivity contribution in [3.05, 3.63) is 66.4 Å². The molecule has 1 aromatic carbocycles. The zero-order chi connectivity index (χ0) is 17.2. The number of benzene rings is 1. The predicted octanol–water partition coefficient (Wildman–Crippen LogP) is 3.43. The SMILES string of the molecule is O=C(c1cnn(-c2ccc(F)cc2)c1-n1cccc1)N1CCCCC1. The van der Waals surface area contributed by atoms with Crippen molar-refractivity contribution in [2.24, 2.45) is 0 Å². The topological polar surface area (TPSA) is 43.1 Å². The van der Waals surface area contributed by atoms with Crippen molar-refractivity contribution in [1.82, 2.24) is 19.2 Å². The summed E-state index contributed by atoms with van der Waals surface area (Å²) in [6.45, 7) is 1.57. The molecule has 0 N–H and O–H groups in total. The Hall–Kier alpha value is -2.89. The molecule has 1 fully saturated rings. The molecule has 6 heteroatoms. The Morgan fingerprint density at radius 1 is 1.00 bits per heavy atom. The lowest BCUT2D eigenvalue weighted by atomic mass is 10.1. The lowest BCUT2D eigenvalue weighted by Gasteiger charge is -2.26. The van der Waals surface area contributed by atoms with E-state index in [1.165, 1.54) is 18.6 Å². The molecule has 2 aromatic heterocycles. The first kappa shape index (κ1) is 15.6. The summed E-state index contributed by atoms with van der Waals surface area (Å²) in [5.74, 6) is 0.368. The van der Waals surface area contributed by atoms with E-state index in [1.54, 1.807) is 23.0 Å². The van der Waals surface area contributed by atoms with Crippen molar-refractivity contribution in [2.45, 2.75) is 19.3 Å². The first-order valence-electron chi connectivity index (χ1n) is 8.50. The average Bonchev–Trinajstić information content (AvgIpc) is 3.32. The van der Waals surface area contributed by atoms with Crippen LogP contribution in [0.25, 0.3) is 11.5 Å². The minimum atomic E-state index is -0.303. The molecule has 128 valence electrons. The number of carbonyl (C=O) groups is 1. The second kappa shape index (κ2) is 6.55. The average molecular weight is 338 g/mol. The van der Waals surface area contributed by atoms with Gasteiger partial charge in [-0.05, 0) is 55.7 Å². The molecule has 5 nitrogen and oxygen atoms in total. The molecule has 25 heavy (non-hydrogen) atoms. The Balaban J connectivity index is 1.79. The third-order valence-electron chi connectivity index (χ3n) is 4.54. The number of likely N-dealkylation sites (tertiary alicyclic amines) is 1. The number of hydrogen-bond acceptors (Lipinski definition) is 2. The van der Waals surface area contributed by atoms with Crippen LogP contribution in [0.4, 0.5) is 4.39 Å². The van der Waals surface area contributed by atoms with Gasteiger partial charge in [0.05, 0.1) is 11.9 Å². The second-order valence-electron chi connectivity index (χ2n) is 6.21. The van der Waals surface area contributed by atoms with Crippen LogP contribution in [0.15, 0.2) is 55.0 Å². The van der Waals surface area contributed by atoms with Crippen molar-refractivity contribution in [3.63, 3.8) is 0 Å². The molecule has 0 radical (unpaired) electrons. The highest BCUT2D eigenvalue weighted by Gasteiger charge is 2.25. The van der Waals surface area contributed by atoms with E-state index >= 15 is 0 Å². The van der Waals surface area contributed by atoms with Crippen molar-refractivity contribution in [3.8, 4) is 11.5 Å². The van der Waals surface area contributed by atoms with E-state index in [0.29, 0.717) is 17.1 Å². The standard InChI is InChI=1S/C19H19FN4O/c20-15-6-8-16(9-7-15)24-18(22-10-4-5-11-22)17(14-21-24)19(25)23-12-2-1-3-13-23/h4-11,14H,1-3,12-13H2. The van der Waals surface area contributed by atoms with Crippen LogP contribution in [0.1, 0.15) is 29.6 Å². The van der Waals surface area contributed by atoms with E-state index in [9.17, 15) is 9.18 Å². The monoisotopic (exact) mass is 338 g/mol. The molecular weight excluding hydrogens is 319 g/mol. The molecule has 0 spiro atoms. The molecule has 0 aliphatic carbocycles. The molecule has 4 rings (SSSR count). The van der Waals surface area contributed by atoms with Crippen molar-refractivity contribution in [2.75, 3.05) is 13.1 Å². The van der Waals surface area contributed by atoms with E-state index in [4.69, 9.17) is 0 Å². The van der Waals surface area contributed by atoms with Crippen molar-refractivity contribution < 1.29 is 9.18 Å². The number of amides is 1. The molecule has 1 aliphatic rings. The van der Waals surface area contributed by atoms with Gasteiger partial charge in [0.2, 0.25) is 0 Å². The summed E-state index contributed by atoms with van der Waals surface area (Å²) in [6, 6.07) is 9.90. The number of rotatable bonds is 3. The molecule has 0 atom stereocenters. The van der Waals surface area contributed by atoms with Gasteiger partial charge in [0.25, 0.3) is 5.91 Å². The van der Waals surface area contributed by atoms with Gasteiger partial charge in [0, 0.05) is 25.5 Å². The number of nitrogens with zero attached hydrogens (tertiary/aromatic N) is 4. The zero-order valence-corrected chi connectivity index (χ0v) is 13.8. The van der Waals surface area contributed by atoms with E-state index in [2.05, 4.69) is 5.10 Å². The molecule has 1 amide bonds. The van der Waals surface area contributed by atoms with Gasteiger partial charge in [-0.3, -0.25) is 4.79 Å². The van der Waals surface area contributed by atoms with E-state index in [1.807, 2.05) is 34.0 Å². The summed E-state index contributed by atoms with van der Waals surface area (Å²) in [5.41, 5.74) is 1.27. The van der Waals surface area contributed by atoms with Crippen molar-refractivity contribution in [1.29, 1.82) is 0 Å². The maximum absolute atomic E-state index is 13.3. The van der Waals surface area contributed by atoms with Crippen LogP contribution >= 0.6 is 0 Å². The fraction of sp³-hybridized carbons (Fsp3) is 0.263. The summed E-state index contributed by atoms with van der Waals surface area (Å²) < 4.78 is 16.8. The molecule has 3 aromatic rings. The Labute approximate surface area is 145 Å². The van der Waals surface area contributed by atoms with E-state index in [-0.39, 0.29) is 11.7 Å². The predicted molar refractivity (Wildman–Crippen MR) is 92.6 cm³/mol. The summed E-state index contributed by atoms with van der Waals surface area (Å²) in [7, 11) is 0. The van der Waals surface area contributed by atoms with Gasteiger partial charge in [-0.15, -0.1) is 0 Å². The Morgan fingerprint density at radius 2 is 1.68 bits per heavy atom. The summed E-state index contributed by atoms with van der Waals surface area (Å²) >= 11 is 0. The lowest BCUT2D eigenvalue weighted by molar-refractivity contribution is 0.0724. The van der Waals surface area contributed by atoms with Gasteiger partial charge in [-0.25, -0.2) is 9.07 Å². The van der Waals surface area contributed by atoms with Crippen LogP contribution in [-0.4, -0.2) is 38.2 Å². The van der Waals surface area contributed by atoms with Crippen molar-refractivity contribution >= 4 is 5.91 Å². The number of piperidine rings is 1. The highest BCUT2D eigenvalue weighted by molar-refractivity contribution is 5.97. The van der Waals surface area contributed by atoms with Crippen LogP contribution in [0.5, 0.6) is 0 Å². The minimum absolute atomic E-state index is 0.00300. The fourth-order valence-corrected chi connectivity index (χ4v) is 3.26. The summed E-state index contributed by atoms with van der Waals surface area (Å²) in [4.78, 5) is 14.9. The number of halogens is 1. The quantitative estimate of drug-likeness (QED) is 0.734. The molecule has 3 heterocycles. The third-order valence-corrected chi connectivity index (χ3v) is 4.54. The van der Waals surface area contributed by atoms with Gasteiger partial charge in [-0.2, -0.15) is 5.10 Å².